The summed E-state index contributed by atoms with van der Waals surface area (Å²) < 4.78 is 22.8. The normalized spacial score (nSPS) is 11.4. The molecule has 1 heterocycles. The summed E-state index contributed by atoms with van der Waals surface area (Å²) in [6.45, 7) is 1.96. The third-order valence-corrected chi connectivity index (χ3v) is 4.74. The second-order valence-electron chi connectivity index (χ2n) is 4.35. The van der Waals surface area contributed by atoms with E-state index >= 15 is 0 Å². The van der Waals surface area contributed by atoms with Crippen molar-refractivity contribution in [3.63, 3.8) is 0 Å². The zero-order valence-corrected chi connectivity index (χ0v) is 13.3. The van der Waals surface area contributed by atoms with E-state index in [1.165, 1.54) is 18.0 Å². The molecule has 2 aromatic rings. The van der Waals surface area contributed by atoms with Crippen LogP contribution >= 0.6 is 11.8 Å². The summed E-state index contributed by atoms with van der Waals surface area (Å²) in [6.07, 6.45) is 1.89. The standard InChI is InChI=1S/C13H16N4O2S2/c1-3-11-15-12(17-14)8-13(16-11)20-9-4-6-10(7-5-9)21(2,18)19/h4-8H,3,14H2,1-2H3,(H,15,16,17). The lowest BCUT2D eigenvalue weighted by atomic mass is 10.4. The Morgan fingerprint density at radius 3 is 2.43 bits per heavy atom. The molecule has 6 nitrogen and oxygen atoms in total. The molecule has 1 aromatic carbocycles. The van der Waals surface area contributed by atoms with Crippen molar-refractivity contribution in [2.24, 2.45) is 5.84 Å². The zero-order valence-electron chi connectivity index (χ0n) is 11.7. The van der Waals surface area contributed by atoms with E-state index < -0.39 is 9.84 Å². The fourth-order valence-corrected chi connectivity index (χ4v) is 3.10. The molecule has 0 fully saturated rings. The van der Waals surface area contributed by atoms with Gasteiger partial charge in [0.1, 0.15) is 16.7 Å². The van der Waals surface area contributed by atoms with Gasteiger partial charge in [0.05, 0.1) is 4.90 Å². The molecular weight excluding hydrogens is 308 g/mol. The van der Waals surface area contributed by atoms with E-state index in [1.54, 1.807) is 30.3 Å². The number of aryl methyl sites for hydroxylation is 1. The van der Waals surface area contributed by atoms with Crippen molar-refractivity contribution < 1.29 is 8.42 Å². The van der Waals surface area contributed by atoms with E-state index in [0.717, 1.165) is 9.92 Å². The number of hydrazine groups is 1. The molecule has 112 valence electrons. The van der Waals surface area contributed by atoms with Crippen molar-refractivity contribution in [2.45, 2.75) is 28.2 Å². The minimum atomic E-state index is -3.18. The Morgan fingerprint density at radius 1 is 1.24 bits per heavy atom. The zero-order chi connectivity index (χ0) is 15.5. The fraction of sp³-hybridized carbons (Fsp3) is 0.231. The highest BCUT2D eigenvalue weighted by Crippen LogP contribution is 2.28. The van der Waals surface area contributed by atoms with Crippen molar-refractivity contribution in [3.05, 3.63) is 36.2 Å². The summed E-state index contributed by atoms with van der Waals surface area (Å²) in [4.78, 5) is 9.82. The Bertz CT molecular complexity index is 708. The molecule has 0 saturated carbocycles. The number of nitrogen functional groups attached to an aromatic ring is 1. The van der Waals surface area contributed by atoms with Gasteiger partial charge in [-0.25, -0.2) is 24.2 Å². The third-order valence-electron chi connectivity index (χ3n) is 2.69. The van der Waals surface area contributed by atoms with Gasteiger partial charge in [-0.15, -0.1) is 0 Å². The van der Waals surface area contributed by atoms with Gasteiger partial charge in [0.25, 0.3) is 0 Å². The SMILES string of the molecule is CCc1nc(NN)cc(Sc2ccc(S(C)(=O)=O)cc2)n1. The van der Waals surface area contributed by atoms with Crippen molar-refractivity contribution in [2.75, 3.05) is 11.7 Å². The maximum absolute atomic E-state index is 11.4. The maximum Gasteiger partial charge on any atom is 0.175 e. The summed E-state index contributed by atoms with van der Waals surface area (Å²) in [5, 5.41) is 0.752. The Kier molecular flexibility index (Phi) is 4.81. The minimum absolute atomic E-state index is 0.299. The molecule has 0 aliphatic heterocycles. The Balaban J connectivity index is 2.25. The van der Waals surface area contributed by atoms with Gasteiger partial charge in [-0.1, -0.05) is 18.7 Å². The lowest BCUT2D eigenvalue weighted by Crippen LogP contribution is -2.10. The van der Waals surface area contributed by atoms with Crippen LogP contribution in [0.4, 0.5) is 5.82 Å². The molecule has 1 aromatic heterocycles. The van der Waals surface area contributed by atoms with Crippen LogP contribution in [0, 0.1) is 0 Å². The van der Waals surface area contributed by atoms with E-state index in [9.17, 15) is 8.42 Å². The molecule has 0 saturated heterocycles. The van der Waals surface area contributed by atoms with Crippen LogP contribution in [0.1, 0.15) is 12.7 Å². The van der Waals surface area contributed by atoms with Crippen LogP contribution < -0.4 is 11.3 Å². The van der Waals surface area contributed by atoms with Gasteiger partial charge in [0.15, 0.2) is 9.84 Å². The summed E-state index contributed by atoms with van der Waals surface area (Å²) >= 11 is 1.42. The van der Waals surface area contributed by atoms with Crippen LogP contribution in [0.25, 0.3) is 0 Å². The molecule has 0 unspecified atom stereocenters. The van der Waals surface area contributed by atoms with Gasteiger partial charge >= 0.3 is 0 Å². The van der Waals surface area contributed by atoms with Gasteiger partial charge in [-0.05, 0) is 24.3 Å². The molecule has 0 radical (unpaired) electrons. The highest BCUT2D eigenvalue weighted by Gasteiger charge is 2.08. The van der Waals surface area contributed by atoms with Crippen molar-refractivity contribution >= 4 is 27.4 Å². The second-order valence-corrected chi connectivity index (χ2v) is 7.46. The number of rotatable bonds is 5. The first-order chi connectivity index (χ1) is 9.92. The number of benzene rings is 1. The van der Waals surface area contributed by atoms with E-state index in [-0.39, 0.29) is 0 Å². The van der Waals surface area contributed by atoms with Gasteiger partial charge in [-0.2, -0.15) is 0 Å². The molecule has 8 heteroatoms. The summed E-state index contributed by atoms with van der Waals surface area (Å²) in [6, 6.07) is 8.42. The fourth-order valence-electron chi connectivity index (χ4n) is 1.63. The predicted octanol–water partition coefficient (Wildman–Crippen LogP) is 1.88. The topological polar surface area (TPSA) is 98.0 Å². The van der Waals surface area contributed by atoms with Crippen LogP contribution in [0.5, 0.6) is 0 Å². The monoisotopic (exact) mass is 324 g/mol. The summed E-state index contributed by atoms with van der Waals surface area (Å²) in [7, 11) is -3.18. The number of nitrogens with zero attached hydrogens (tertiary/aromatic N) is 2. The van der Waals surface area contributed by atoms with Crippen molar-refractivity contribution in [3.8, 4) is 0 Å². The van der Waals surface area contributed by atoms with E-state index in [1.807, 2.05) is 6.92 Å². The molecule has 21 heavy (non-hydrogen) atoms. The number of aromatic nitrogens is 2. The number of anilines is 1. The van der Waals surface area contributed by atoms with Gasteiger partial charge in [0.2, 0.25) is 0 Å². The average Bonchev–Trinajstić information content (AvgIpc) is 2.46. The van der Waals surface area contributed by atoms with E-state index in [2.05, 4.69) is 15.4 Å². The maximum atomic E-state index is 11.4. The second kappa shape index (κ2) is 6.42. The predicted molar refractivity (Wildman–Crippen MR) is 82.9 cm³/mol. The van der Waals surface area contributed by atoms with Crippen LogP contribution in [0.2, 0.25) is 0 Å². The number of hydrogen-bond acceptors (Lipinski definition) is 7. The first kappa shape index (κ1) is 15.7. The highest BCUT2D eigenvalue weighted by atomic mass is 32.2. The molecule has 3 N–H and O–H groups in total. The summed E-state index contributed by atoms with van der Waals surface area (Å²) in [5.74, 6) is 6.64. The number of hydrogen-bond donors (Lipinski definition) is 2. The van der Waals surface area contributed by atoms with Crippen LogP contribution in [-0.4, -0.2) is 24.6 Å². The van der Waals surface area contributed by atoms with E-state index in [4.69, 9.17) is 5.84 Å². The number of nitrogens with two attached hydrogens (primary N) is 1. The lowest BCUT2D eigenvalue weighted by Gasteiger charge is -2.06. The first-order valence-electron chi connectivity index (χ1n) is 6.25. The number of nitrogens with one attached hydrogen (secondary N) is 1. The molecule has 0 spiro atoms. The molecule has 0 aliphatic carbocycles. The first-order valence-corrected chi connectivity index (χ1v) is 8.95. The minimum Gasteiger partial charge on any atom is -0.308 e. The largest absolute Gasteiger partial charge is 0.308 e. The smallest absolute Gasteiger partial charge is 0.175 e. The van der Waals surface area contributed by atoms with Crippen molar-refractivity contribution in [1.82, 2.24) is 9.97 Å². The van der Waals surface area contributed by atoms with Crippen LogP contribution in [0.15, 0.2) is 45.1 Å². The molecule has 2 rings (SSSR count). The molecule has 0 atom stereocenters. The Hall–Kier alpha value is -1.64. The third kappa shape index (κ3) is 4.16. The van der Waals surface area contributed by atoms with Gasteiger partial charge < -0.3 is 5.43 Å². The van der Waals surface area contributed by atoms with Crippen LogP contribution in [0.3, 0.4) is 0 Å². The lowest BCUT2D eigenvalue weighted by molar-refractivity contribution is 0.602. The van der Waals surface area contributed by atoms with Crippen molar-refractivity contribution in [1.29, 1.82) is 0 Å². The highest BCUT2D eigenvalue weighted by molar-refractivity contribution is 7.99. The van der Waals surface area contributed by atoms with Gasteiger partial charge in [0, 0.05) is 23.6 Å². The average molecular weight is 324 g/mol. The van der Waals surface area contributed by atoms with E-state index in [0.29, 0.717) is 23.0 Å². The number of sulfone groups is 1. The molecule has 0 aliphatic rings. The Labute approximate surface area is 128 Å². The Morgan fingerprint density at radius 2 is 1.90 bits per heavy atom. The van der Waals surface area contributed by atoms with Crippen LogP contribution in [-0.2, 0) is 16.3 Å². The quantitative estimate of drug-likeness (QED) is 0.492. The molecule has 0 bridgehead atoms. The summed E-state index contributed by atoms with van der Waals surface area (Å²) in [5.41, 5.74) is 2.51. The van der Waals surface area contributed by atoms with Gasteiger partial charge in [-0.3, -0.25) is 0 Å². The molecule has 0 amide bonds. The molecular formula is C13H16N4O2S2.